The monoisotopic (exact) mass is 285 g/mol. The predicted molar refractivity (Wildman–Crippen MR) is 92.6 cm³/mol. The molecular formula is C18H27N3. The summed E-state index contributed by atoms with van der Waals surface area (Å²) in [6.07, 6.45) is 8.23. The van der Waals surface area contributed by atoms with E-state index in [1.165, 1.54) is 32.1 Å². The summed E-state index contributed by atoms with van der Waals surface area (Å²) in [5, 5.41) is 4.60. The molecule has 0 aliphatic heterocycles. The quantitative estimate of drug-likeness (QED) is 0.683. The highest BCUT2D eigenvalue weighted by molar-refractivity contribution is 5.96. The third-order valence-corrected chi connectivity index (χ3v) is 3.81. The van der Waals surface area contributed by atoms with Gasteiger partial charge in [0.15, 0.2) is 0 Å². The Labute approximate surface area is 128 Å². The minimum Gasteiger partial charge on any atom is -0.396 e. The molecule has 0 spiro atoms. The van der Waals surface area contributed by atoms with Gasteiger partial charge in [0, 0.05) is 11.9 Å². The second kappa shape index (κ2) is 7.87. The first-order valence-electron chi connectivity index (χ1n) is 8.05. The molecule has 0 amide bonds. The lowest BCUT2D eigenvalue weighted by Gasteiger charge is -2.12. The summed E-state index contributed by atoms with van der Waals surface area (Å²) in [5.74, 6) is 0.825. The Morgan fingerprint density at radius 1 is 1.10 bits per heavy atom. The molecule has 0 radical (unpaired) electrons. The van der Waals surface area contributed by atoms with Crippen LogP contribution in [-0.4, -0.2) is 11.5 Å². The largest absolute Gasteiger partial charge is 0.396 e. The van der Waals surface area contributed by atoms with Crippen LogP contribution in [0, 0.1) is 5.92 Å². The smallest absolute Gasteiger partial charge is 0.0743 e. The number of hydrogen-bond donors (Lipinski definition) is 2. The zero-order valence-electron chi connectivity index (χ0n) is 13.2. The molecule has 2 rings (SSSR count). The minimum atomic E-state index is 0.730. The van der Waals surface area contributed by atoms with Crippen LogP contribution in [0.4, 0.5) is 11.4 Å². The molecule has 0 bridgehead atoms. The Hall–Kier alpha value is -1.77. The molecule has 0 unspecified atom stereocenters. The Morgan fingerprint density at radius 3 is 2.67 bits per heavy atom. The lowest BCUT2D eigenvalue weighted by molar-refractivity contribution is 0.523. The molecule has 3 nitrogen and oxygen atoms in total. The maximum Gasteiger partial charge on any atom is 0.0743 e. The van der Waals surface area contributed by atoms with E-state index in [9.17, 15) is 0 Å². The SMILES string of the molecule is CC(C)CCCCCCNc1c(N)cnc2ccccc12. The minimum absolute atomic E-state index is 0.730. The topological polar surface area (TPSA) is 50.9 Å². The average Bonchev–Trinajstić information content (AvgIpc) is 2.48. The zero-order chi connectivity index (χ0) is 15.1. The number of aromatic nitrogens is 1. The number of anilines is 2. The van der Waals surface area contributed by atoms with Gasteiger partial charge in [-0.05, 0) is 18.4 Å². The molecule has 2 aromatic rings. The molecule has 0 fully saturated rings. The average molecular weight is 285 g/mol. The van der Waals surface area contributed by atoms with Crippen LogP contribution in [0.3, 0.4) is 0 Å². The molecule has 0 saturated heterocycles. The zero-order valence-corrected chi connectivity index (χ0v) is 13.2. The molecule has 1 aromatic heterocycles. The first-order valence-corrected chi connectivity index (χ1v) is 8.05. The van der Waals surface area contributed by atoms with E-state index >= 15 is 0 Å². The van der Waals surface area contributed by atoms with Gasteiger partial charge in [0.2, 0.25) is 0 Å². The van der Waals surface area contributed by atoms with Gasteiger partial charge in [-0.15, -0.1) is 0 Å². The highest BCUT2D eigenvalue weighted by atomic mass is 14.9. The summed E-state index contributed by atoms with van der Waals surface area (Å²) in [5.41, 5.74) is 8.81. The van der Waals surface area contributed by atoms with Crippen LogP contribution in [0.15, 0.2) is 30.5 Å². The second-order valence-electron chi connectivity index (χ2n) is 6.13. The molecule has 3 heteroatoms. The van der Waals surface area contributed by atoms with Gasteiger partial charge in [-0.3, -0.25) is 4.98 Å². The van der Waals surface area contributed by atoms with Crippen molar-refractivity contribution >= 4 is 22.3 Å². The molecule has 0 saturated carbocycles. The van der Waals surface area contributed by atoms with Crippen molar-refractivity contribution in [2.75, 3.05) is 17.6 Å². The fraction of sp³-hybridized carbons (Fsp3) is 0.500. The van der Waals surface area contributed by atoms with E-state index in [1.54, 1.807) is 6.20 Å². The number of para-hydroxylation sites is 1. The van der Waals surface area contributed by atoms with Gasteiger partial charge in [0.1, 0.15) is 0 Å². The Bertz CT molecular complexity index is 563. The van der Waals surface area contributed by atoms with Gasteiger partial charge < -0.3 is 11.1 Å². The number of benzene rings is 1. The van der Waals surface area contributed by atoms with Crippen molar-refractivity contribution in [2.45, 2.75) is 46.0 Å². The maximum atomic E-state index is 6.06. The van der Waals surface area contributed by atoms with Crippen molar-refractivity contribution in [3.05, 3.63) is 30.5 Å². The predicted octanol–water partition coefficient (Wildman–Crippen LogP) is 4.84. The van der Waals surface area contributed by atoms with Crippen LogP contribution in [0.1, 0.15) is 46.0 Å². The van der Waals surface area contributed by atoms with E-state index in [4.69, 9.17) is 5.73 Å². The molecule has 3 N–H and O–H groups in total. The third-order valence-electron chi connectivity index (χ3n) is 3.81. The highest BCUT2D eigenvalue weighted by Crippen LogP contribution is 2.27. The second-order valence-corrected chi connectivity index (χ2v) is 6.13. The standard InChI is InChI=1S/C18H27N3/c1-14(2)9-5-3-4-8-12-20-18-15-10-6-7-11-17(15)21-13-16(18)19/h6-7,10-11,13-14H,3-5,8-9,12,19H2,1-2H3,(H,20,21). The molecule has 0 atom stereocenters. The van der Waals surface area contributed by atoms with Gasteiger partial charge in [-0.1, -0.05) is 57.7 Å². The van der Waals surface area contributed by atoms with E-state index in [-0.39, 0.29) is 0 Å². The highest BCUT2D eigenvalue weighted by Gasteiger charge is 2.05. The number of fused-ring (bicyclic) bond motifs is 1. The Kier molecular flexibility index (Phi) is 5.85. The number of nitrogens with two attached hydrogens (primary N) is 1. The Morgan fingerprint density at radius 2 is 1.86 bits per heavy atom. The van der Waals surface area contributed by atoms with Crippen molar-refractivity contribution in [1.82, 2.24) is 4.98 Å². The molecule has 114 valence electrons. The number of nitrogens with one attached hydrogen (secondary N) is 1. The van der Waals surface area contributed by atoms with Crippen molar-refractivity contribution in [1.29, 1.82) is 0 Å². The van der Waals surface area contributed by atoms with Gasteiger partial charge >= 0.3 is 0 Å². The summed E-state index contributed by atoms with van der Waals surface area (Å²) in [7, 11) is 0. The van der Waals surface area contributed by atoms with Crippen LogP contribution in [0.2, 0.25) is 0 Å². The van der Waals surface area contributed by atoms with E-state index in [1.807, 2.05) is 18.2 Å². The first kappa shape index (κ1) is 15.6. The number of hydrogen-bond acceptors (Lipinski definition) is 3. The van der Waals surface area contributed by atoms with Crippen molar-refractivity contribution in [2.24, 2.45) is 5.92 Å². The molecule has 0 aliphatic rings. The molecule has 1 heterocycles. The van der Waals surface area contributed by atoms with Crippen molar-refractivity contribution in [3.63, 3.8) is 0 Å². The lowest BCUT2D eigenvalue weighted by atomic mass is 10.0. The molecular weight excluding hydrogens is 258 g/mol. The number of rotatable bonds is 8. The van der Waals surface area contributed by atoms with E-state index in [0.717, 1.165) is 34.7 Å². The number of nitrogen functional groups attached to an aromatic ring is 1. The number of pyridine rings is 1. The number of nitrogens with zero attached hydrogens (tertiary/aromatic N) is 1. The Balaban J connectivity index is 1.82. The number of unbranched alkanes of at least 4 members (excludes halogenated alkanes) is 3. The summed E-state index contributed by atoms with van der Waals surface area (Å²) >= 11 is 0. The van der Waals surface area contributed by atoms with E-state index < -0.39 is 0 Å². The molecule has 1 aromatic carbocycles. The fourth-order valence-electron chi connectivity index (χ4n) is 2.60. The van der Waals surface area contributed by atoms with Crippen LogP contribution >= 0.6 is 0 Å². The first-order chi connectivity index (χ1) is 10.2. The van der Waals surface area contributed by atoms with E-state index in [0.29, 0.717) is 0 Å². The summed E-state index contributed by atoms with van der Waals surface area (Å²) in [6, 6.07) is 8.13. The maximum absolute atomic E-state index is 6.06. The van der Waals surface area contributed by atoms with E-state index in [2.05, 4.69) is 30.2 Å². The normalized spacial score (nSPS) is 11.2. The summed E-state index contributed by atoms with van der Waals surface area (Å²) < 4.78 is 0. The van der Waals surface area contributed by atoms with Crippen LogP contribution in [0.25, 0.3) is 10.9 Å². The van der Waals surface area contributed by atoms with Crippen molar-refractivity contribution < 1.29 is 0 Å². The fourth-order valence-corrected chi connectivity index (χ4v) is 2.60. The molecule has 0 aliphatic carbocycles. The van der Waals surface area contributed by atoms with Crippen molar-refractivity contribution in [3.8, 4) is 0 Å². The van der Waals surface area contributed by atoms with Gasteiger partial charge in [0.25, 0.3) is 0 Å². The van der Waals surface area contributed by atoms with Crippen LogP contribution in [0.5, 0.6) is 0 Å². The lowest BCUT2D eigenvalue weighted by Crippen LogP contribution is -2.05. The third kappa shape index (κ3) is 4.62. The van der Waals surface area contributed by atoms with Crippen LogP contribution in [-0.2, 0) is 0 Å². The van der Waals surface area contributed by atoms with Gasteiger partial charge in [-0.2, -0.15) is 0 Å². The van der Waals surface area contributed by atoms with Gasteiger partial charge in [-0.25, -0.2) is 0 Å². The molecule has 21 heavy (non-hydrogen) atoms. The van der Waals surface area contributed by atoms with Crippen LogP contribution < -0.4 is 11.1 Å². The summed E-state index contributed by atoms with van der Waals surface area (Å²) in [4.78, 5) is 4.36. The van der Waals surface area contributed by atoms with Gasteiger partial charge in [0.05, 0.1) is 23.1 Å². The summed E-state index contributed by atoms with van der Waals surface area (Å²) in [6.45, 7) is 5.55.